The molecule has 2 heterocycles. The number of carbonyl (C=O) groups is 2. The molecule has 0 aliphatic carbocycles. The quantitative estimate of drug-likeness (QED) is 0.769. The maximum absolute atomic E-state index is 12.6. The Morgan fingerprint density at radius 1 is 1.33 bits per heavy atom. The van der Waals surface area contributed by atoms with Gasteiger partial charge in [0.25, 0.3) is 0 Å². The van der Waals surface area contributed by atoms with Gasteiger partial charge >= 0.3 is 6.09 Å². The number of hydrogen-bond acceptors (Lipinski definition) is 5. The van der Waals surface area contributed by atoms with Crippen LogP contribution < -0.4 is 5.32 Å². The van der Waals surface area contributed by atoms with Gasteiger partial charge in [-0.05, 0) is 45.7 Å². The summed E-state index contributed by atoms with van der Waals surface area (Å²) in [5.41, 5.74) is 0.236. The highest BCUT2D eigenvalue weighted by atomic mass is 79.9. The van der Waals surface area contributed by atoms with Crippen LogP contribution in [-0.4, -0.2) is 40.2 Å². The van der Waals surface area contributed by atoms with Gasteiger partial charge in [0.1, 0.15) is 11.6 Å². The van der Waals surface area contributed by atoms with Gasteiger partial charge in [-0.25, -0.2) is 4.79 Å². The molecule has 0 saturated carbocycles. The summed E-state index contributed by atoms with van der Waals surface area (Å²) in [6, 6.07) is 8.66. The molecule has 2 amide bonds. The van der Waals surface area contributed by atoms with Crippen molar-refractivity contribution in [2.75, 3.05) is 11.9 Å². The van der Waals surface area contributed by atoms with Crippen LogP contribution >= 0.6 is 15.9 Å². The van der Waals surface area contributed by atoms with Crippen LogP contribution in [0.1, 0.15) is 33.6 Å². The van der Waals surface area contributed by atoms with Crippen molar-refractivity contribution >= 4 is 33.7 Å². The molecule has 1 aromatic heterocycles. The number of aromatic nitrogens is 1. The first-order chi connectivity index (χ1) is 12.7. The van der Waals surface area contributed by atoms with Gasteiger partial charge in [0.15, 0.2) is 11.6 Å². The van der Waals surface area contributed by atoms with E-state index in [0.717, 1.165) is 16.5 Å². The lowest BCUT2D eigenvalue weighted by Gasteiger charge is -2.27. The van der Waals surface area contributed by atoms with Crippen molar-refractivity contribution in [3.63, 3.8) is 0 Å². The minimum absolute atomic E-state index is 0.299. The summed E-state index contributed by atoms with van der Waals surface area (Å²) < 4.78 is 11.6. The highest BCUT2D eigenvalue weighted by Gasteiger charge is 2.36. The van der Waals surface area contributed by atoms with Gasteiger partial charge in [-0.15, -0.1) is 0 Å². The first-order valence-electron chi connectivity index (χ1n) is 8.76. The highest BCUT2D eigenvalue weighted by Crippen LogP contribution is 2.26. The Morgan fingerprint density at radius 3 is 2.81 bits per heavy atom. The van der Waals surface area contributed by atoms with Gasteiger partial charge in [0, 0.05) is 22.6 Å². The predicted molar refractivity (Wildman–Crippen MR) is 104 cm³/mol. The van der Waals surface area contributed by atoms with Crippen molar-refractivity contribution < 1.29 is 18.8 Å². The van der Waals surface area contributed by atoms with E-state index in [4.69, 9.17) is 9.26 Å². The minimum atomic E-state index is -0.605. The van der Waals surface area contributed by atoms with Gasteiger partial charge in [-0.2, -0.15) is 0 Å². The molecule has 1 fully saturated rings. The number of hydrogen-bond donors (Lipinski definition) is 1. The van der Waals surface area contributed by atoms with Crippen LogP contribution in [0, 0.1) is 0 Å². The number of ether oxygens (including phenoxy) is 1. The largest absolute Gasteiger partial charge is 0.444 e. The van der Waals surface area contributed by atoms with Crippen molar-refractivity contribution in [2.24, 2.45) is 0 Å². The molecule has 8 heteroatoms. The summed E-state index contributed by atoms with van der Waals surface area (Å²) in [4.78, 5) is 26.4. The fraction of sp³-hybridized carbons (Fsp3) is 0.421. The fourth-order valence-corrected chi connectivity index (χ4v) is 3.30. The average Bonchev–Trinajstić information content (AvgIpc) is 3.22. The molecule has 1 atom stereocenters. The van der Waals surface area contributed by atoms with Crippen LogP contribution in [0.4, 0.5) is 10.6 Å². The molecular weight excluding hydrogens is 414 g/mol. The Hall–Kier alpha value is -2.35. The molecule has 7 nitrogen and oxygen atoms in total. The third-order valence-corrected chi connectivity index (χ3v) is 4.55. The van der Waals surface area contributed by atoms with Crippen molar-refractivity contribution in [1.82, 2.24) is 10.1 Å². The van der Waals surface area contributed by atoms with Crippen molar-refractivity contribution in [1.29, 1.82) is 0 Å². The third kappa shape index (κ3) is 4.88. The monoisotopic (exact) mass is 435 g/mol. The summed E-state index contributed by atoms with van der Waals surface area (Å²) in [7, 11) is 0. The summed E-state index contributed by atoms with van der Waals surface area (Å²) in [6.07, 6.45) is 0.857. The maximum Gasteiger partial charge on any atom is 0.410 e. The molecule has 1 N–H and O–H groups in total. The molecule has 0 spiro atoms. The number of nitrogens with zero attached hydrogens (tertiary/aromatic N) is 2. The number of anilines is 1. The molecule has 27 heavy (non-hydrogen) atoms. The van der Waals surface area contributed by atoms with Gasteiger partial charge < -0.3 is 14.6 Å². The van der Waals surface area contributed by atoms with Crippen molar-refractivity contribution in [2.45, 2.75) is 45.3 Å². The molecule has 0 bridgehead atoms. The zero-order valence-corrected chi connectivity index (χ0v) is 17.1. The lowest BCUT2D eigenvalue weighted by Crippen LogP contribution is -2.45. The summed E-state index contributed by atoms with van der Waals surface area (Å²) in [5, 5.41) is 6.64. The predicted octanol–water partition coefficient (Wildman–Crippen LogP) is 4.44. The van der Waals surface area contributed by atoms with Crippen LogP contribution in [0.3, 0.4) is 0 Å². The van der Waals surface area contributed by atoms with Crippen molar-refractivity contribution in [3.05, 3.63) is 34.8 Å². The standard InChI is InChI=1S/C19H22BrN3O4/c1-19(2,3)26-18(25)23-9-5-8-14(23)17(24)21-16-11-15(27-22-16)12-6-4-7-13(20)10-12/h4,6-7,10-11,14H,5,8-9H2,1-3H3,(H,21,22,24). The minimum Gasteiger partial charge on any atom is -0.444 e. The van der Waals surface area contributed by atoms with E-state index in [9.17, 15) is 9.59 Å². The maximum atomic E-state index is 12.6. The molecule has 0 radical (unpaired) electrons. The molecule has 144 valence electrons. The number of likely N-dealkylation sites (tertiary alicyclic amines) is 1. The fourth-order valence-electron chi connectivity index (χ4n) is 2.90. The SMILES string of the molecule is CC(C)(C)OC(=O)N1CCCC1C(=O)Nc1cc(-c2cccc(Br)c2)on1. The van der Waals surface area contributed by atoms with Crippen LogP contribution in [0.25, 0.3) is 11.3 Å². The molecule has 1 unspecified atom stereocenters. The van der Waals surface area contributed by atoms with E-state index in [2.05, 4.69) is 26.4 Å². The molecule has 3 rings (SSSR count). The Kier molecular flexibility index (Phi) is 5.55. The summed E-state index contributed by atoms with van der Waals surface area (Å²) in [6.45, 7) is 5.90. The third-order valence-electron chi connectivity index (χ3n) is 4.05. The Labute approximate surface area is 166 Å². The smallest absolute Gasteiger partial charge is 0.410 e. The summed E-state index contributed by atoms with van der Waals surface area (Å²) >= 11 is 3.41. The van der Waals surface area contributed by atoms with E-state index in [0.29, 0.717) is 24.5 Å². The first-order valence-corrected chi connectivity index (χ1v) is 9.55. The number of nitrogens with one attached hydrogen (secondary N) is 1. The van der Waals surface area contributed by atoms with Gasteiger partial charge in [-0.1, -0.05) is 33.2 Å². The van der Waals surface area contributed by atoms with E-state index in [1.807, 2.05) is 24.3 Å². The molecule has 1 aliphatic rings. The van der Waals surface area contributed by atoms with E-state index in [1.54, 1.807) is 26.8 Å². The summed E-state index contributed by atoms with van der Waals surface area (Å²) in [5.74, 6) is 0.556. The first kappa shape index (κ1) is 19.4. The van der Waals surface area contributed by atoms with Gasteiger partial charge in [0.05, 0.1) is 0 Å². The molecule has 2 aromatic rings. The zero-order valence-electron chi connectivity index (χ0n) is 15.5. The molecule has 1 saturated heterocycles. The highest BCUT2D eigenvalue weighted by molar-refractivity contribution is 9.10. The molecular formula is C19H22BrN3O4. The number of halogens is 1. The number of carbonyl (C=O) groups excluding carboxylic acids is 2. The van der Waals surface area contributed by atoms with Crippen LogP contribution in [0.5, 0.6) is 0 Å². The normalized spacial score (nSPS) is 17.0. The number of benzene rings is 1. The second-order valence-electron chi connectivity index (χ2n) is 7.41. The number of amides is 2. The molecule has 1 aliphatic heterocycles. The molecule has 1 aromatic carbocycles. The number of rotatable bonds is 3. The second kappa shape index (κ2) is 7.72. The second-order valence-corrected chi connectivity index (χ2v) is 8.32. The van der Waals surface area contributed by atoms with Crippen LogP contribution in [0.2, 0.25) is 0 Å². The van der Waals surface area contributed by atoms with Gasteiger partial charge in [0.2, 0.25) is 5.91 Å². The van der Waals surface area contributed by atoms with Crippen LogP contribution in [0.15, 0.2) is 39.3 Å². The lowest BCUT2D eigenvalue weighted by atomic mass is 10.2. The Balaban J connectivity index is 1.67. The van der Waals surface area contributed by atoms with E-state index in [1.165, 1.54) is 4.90 Å². The van der Waals surface area contributed by atoms with E-state index < -0.39 is 17.7 Å². The zero-order chi connectivity index (χ0) is 19.6. The Bertz CT molecular complexity index is 843. The van der Waals surface area contributed by atoms with E-state index >= 15 is 0 Å². The van der Waals surface area contributed by atoms with E-state index in [-0.39, 0.29) is 5.91 Å². The lowest BCUT2D eigenvalue weighted by molar-refractivity contribution is -0.120. The Morgan fingerprint density at radius 2 is 2.11 bits per heavy atom. The van der Waals surface area contributed by atoms with Crippen LogP contribution in [-0.2, 0) is 9.53 Å². The van der Waals surface area contributed by atoms with Gasteiger partial charge in [-0.3, -0.25) is 9.69 Å². The topological polar surface area (TPSA) is 84.7 Å². The average molecular weight is 436 g/mol. The van der Waals surface area contributed by atoms with Crippen molar-refractivity contribution in [3.8, 4) is 11.3 Å².